The lowest BCUT2D eigenvalue weighted by atomic mass is 10.2. The van der Waals surface area contributed by atoms with Gasteiger partial charge in [-0.05, 0) is 25.1 Å². The molecule has 0 radical (unpaired) electrons. The number of carbonyl (C=O) groups excluding carboxylic acids is 1. The van der Waals surface area contributed by atoms with Crippen LogP contribution in [0.15, 0.2) is 18.2 Å². The number of hydrogen-bond acceptors (Lipinski definition) is 4. The zero-order valence-electron chi connectivity index (χ0n) is 11.4. The lowest BCUT2D eigenvalue weighted by molar-refractivity contribution is -0.116. The zero-order valence-corrected chi connectivity index (χ0v) is 12.3. The molecular weight excluding hydrogens is 258 g/mol. The molecule has 19 heavy (non-hydrogen) atoms. The van der Waals surface area contributed by atoms with Crippen LogP contribution >= 0.6 is 11.3 Å². The summed E-state index contributed by atoms with van der Waals surface area (Å²) in [7, 11) is 0. The van der Waals surface area contributed by atoms with Crippen molar-refractivity contribution in [2.75, 3.05) is 5.32 Å². The molecule has 1 aromatic heterocycles. The smallest absolute Gasteiger partial charge is 0.225 e. The van der Waals surface area contributed by atoms with Crippen LogP contribution in [0.2, 0.25) is 0 Å². The van der Waals surface area contributed by atoms with E-state index in [-0.39, 0.29) is 11.9 Å². The normalized spacial score (nSPS) is 12.9. The highest BCUT2D eigenvalue weighted by atomic mass is 32.1. The molecule has 5 heteroatoms. The molecule has 2 rings (SSSR count). The number of benzene rings is 1. The SMILES string of the molecule is CC(N)CC(=O)Nc1ccc2nc(C(C)C)sc2c1. The Hall–Kier alpha value is -1.46. The van der Waals surface area contributed by atoms with E-state index in [4.69, 9.17) is 5.73 Å². The molecule has 0 saturated carbocycles. The predicted molar refractivity (Wildman–Crippen MR) is 80.6 cm³/mol. The topological polar surface area (TPSA) is 68.0 Å². The Morgan fingerprint density at radius 3 is 2.79 bits per heavy atom. The van der Waals surface area contributed by atoms with Gasteiger partial charge < -0.3 is 11.1 Å². The monoisotopic (exact) mass is 277 g/mol. The minimum atomic E-state index is -0.125. The third-order valence-electron chi connectivity index (χ3n) is 2.69. The van der Waals surface area contributed by atoms with E-state index < -0.39 is 0 Å². The molecule has 1 atom stereocenters. The average molecular weight is 277 g/mol. The van der Waals surface area contributed by atoms with Gasteiger partial charge in [-0.25, -0.2) is 4.98 Å². The van der Waals surface area contributed by atoms with Crippen molar-refractivity contribution in [2.45, 2.75) is 39.2 Å². The molecule has 2 aromatic rings. The van der Waals surface area contributed by atoms with Crippen LogP contribution in [-0.4, -0.2) is 16.9 Å². The minimum Gasteiger partial charge on any atom is -0.327 e. The van der Waals surface area contributed by atoms with Crippen molar-refractivity contribution in [3.05, 3.63) is 23.2 Å². The first-order valence-corrected chi connectivity index (χ1v) is 7.23. The fourth-order valence-corrected chi connectivity index (χ4v) is 2.78. The largest absolute Gasteiger partial charge is 0.327 e. The molecule has 0 saturated heterocycles. The second-order valence-corrected chi connectivity index (χ2v) is 6.18. The van der Waals surface area contributed by atoms with Crippen molar-refractivity contribution in [2.24, 2.45) is 5.73 Å². The fraction of sp³-hybridized carbons (Fsp3) is 0.429. The van der Waals surface area contributed by atoms with E-state index in [0.29, 0.717) is 12.3 Å². The lowest BCUT2D eigenvalue weighted by Crippen LogP contribution is -2.23. The van der Waals surface area contributed by atoms with Gasteiger partial charge in [0.05, 0.1) is 15.2 Å². The molecule has 0 aliphatic rings. The van der Waals surface area contributed by atoms with E-state index in [0.717, 1.165) is 20.9 Å². The molecule has 0 bridgehead atoms. The molecule has 0 fully saturated rings. The predicted octanol–water partition coefficient (Wildman–Crippen LogP) is 3.10. The van der Waals surface area contributed by atoms with Crippen LogP contribution in [0.3, 0.4) is 0 Å². The van der Waals surface area contributed by atoms with Crippen LogP contribution < -0.4 is 11.1 Å². The van der Waals surface area contributed by atoms with Gasteiger partial charge in [-0.1, -0.05) is 13.8 Å². The maximum Gasteiger partial charge on any atom is 0.225 e. The molecule has 0 spiro atoms. The first-order chi connectivity index (χ1) is 8.95. The van der Waals surface area contributed by atoms with Crippen LogP contribution in [0.25, 0.3) is 10.2 Å². The Morgan fingerprint density at radius 2 is 2.16 bits per heavy atom. The molecule has 1 amide bonds. The molecule has 0 aliphatic heterocycles. The number of amides is 1. The second kappa shape index (κ2) is 5.67. The molecule has 1 unspecified atom stereocenters. The van der Waals surface area contributed by atoms with Crippen LogP contribution in [0.5, 0.6) is 0 Å². The van der Waals surface area contributed by atoms with Crippen molar-refractivity contribution in [3.8, 4) is 0 Å². The Morgan fingerprint density at radius 1 is 1.42 bits per heavy atom. The van der Waals surface area contributed by atoms with Gasteiger partial charge in [0.1, 0.15) is 0 Å². The van der Waals surface area contributed by atoms with Gasteiger partial charge in [0.15, 0.2) is 0 Å². The van der Waals surface area contributed by atoms with Crippen molar-refractivity contribution >= 4 is 33.1 Å². The minimum absolute atomic E-state index is 0.0528. The summed E-state index contributed by atoms with van der Waals surface area (Å²) in [6, 6.07) is 5.67. The Labute approximate surface area is 117 Å². The summed E-state index contributed by atoms with van der Waals surface area (Å²) in [4.78, 5) is 16.2. The Balaban J connectivity index is 2.19. The summed E-state index contributed by atoms with van der Waals surface area (Å²) in [6.45, 7) is 6.08. The summed E-state index contributed by atoms with van der Waals surface area (Å²) in [5.74, 6) is 0.372. The number of nitrogens with two attached hydrogens (primary N) is 1. The number of thiazole rings is 1. The quantitative estimate of drug-likeness (QED) is 0.902. The highest BCUT2D eigenvalue weighted by Crippen LogP contribution is 2.29. The summed E-state index contributed by atoms with van der Waals surface area (Å²) in [5.41, 5.74) is 7.39. The van der Waals surface area contributed by atoms with Crippen molar-refractivity contribution in [1.82, 2.24) is 4.98 Å². The molecule has 1 heterocycles. The highest BCUT2D eigenvalue weighted by Gasteiger charge is 2.09. The van der Waals surface area contributed by atoms with Gasteiger partial charge in [0.25, 0.3) is 0 Å². The molecule has 4 nitrogen and oxygen atoms in total. The summed E-state index contributed by atoms with van der Waals surface area (Å²) < 4.78 is 1.10. The third kappa shape index (κ3) is 3.52. The highest BCUT2D eigenvalue weighted by molar-refractivity contribution is 7.18. The average Bonchev–Trinajstić information content (AvgIpc) is 2.70. The third-order valence-corrected chi connectivity index (χ3v) is 4.01. The number of rotatable bonds is 4. The molecule has 3 N–H and O–H groups in total. The number of hydrogen-bond donors (Lipinski definition) is 2. The van der Waals surface area contributed by atoms with Crippen molar-refractivity contribution in [1.29, 1.82) is 0 Å². The number of nitrogens with zero attached hydrogens (tertiary/aromatic N) is 1. The maximum absolute atomic E-state index is 11.7. The van der Waals surface area contributed by atoms with Crippen LogP contribution in [-0.2, 0) is 4.79 Å². The van der Waals surface area contributed by atoms with Crippen molar-refractivity contribution < 1.29 is 4.79 Å². The van der Waals surface area contributed by atoms with E-state index >= 15 is 0 Å². The number of nitrogens with one attached hydrogen (secondary N) is 1. The van der Waals surface area contributed by atoms with E-state index in [1.807, 2.05) is 25.1 Å². The van der Waals surface area contributed by atoms with E-state index in [1.54, 1.807) is 11.3 Å². The van der Waals surface area contributed by atoms with Gasteiger partial charge in [-0.2, -0.15) is 0 Å². The van der Waals surface area contributed by atoms with Gasteiger partial charge in [-0.15, -0.1) is 11.3 Å². The van der Waals surface area contributed by atoms with Gasteiger partial charge >= 0.3 is 0 Å². The molecule has 1 aromatic carbocycles. The number of fused-ring (bicyclic) bond motifs is 1. The second-order valence-electron chi connectivity index (χ2n) is 5.12. The summed E-state index contributed by atoms with van der Waals surface area (Å²) in [6.07, 6.45) is 0.331. The standard InChI is InChI=1S/C14H19N3OS/c1-8(2)14-17-11-5-4-10(7-12(11)19-14)16-13(18)6-9(3)15/h4-5,7-9H,6,15H2,1-3H3,(H,16,18). The van der Waals surface area contributed by atoms with E-state index in [2.05, 4.69) is 24.1 Å². The molecular formula is C14H19N3OS. The van der Waals surface area contributed by atoms with E-state index in [9.17, 15) is 4.79 Å². The van der Waals surface area contributed by atoms with Crippen LogP contribution in [0.1, 0.15) is 38.1 Å². The number of carbonyl (C=O) groups is 1. The van der Waals surface area contributed by atoms with E-state index in [1.165, 1.54) is 0 Å². The Kier molecular flexibility index (Phi) is 4.17. The summed E-state index contributed by atoms with van der Waals surface area (Å²) >= 11 is 1.67. The zero-order chi connectivity index (χ0) is 14.0. The van der Waals surface area contributed by atoms with Crippen LogP contribution in [0.4, 0.5) is 5.69 Å². The number of anilines is 1. The first-order valence-electron chi connectivity index (χ1n) is 6.41. The summed E-state index contributed by atoms with van der Waals surface area (Å²) in [5, 5.41) is 3.98. The fourth-order valence-electron chi connectivity index (χ4n) is 1.77. The van der Waals surface area contributed by atoms with Gasteiger partial charge in [0, 0.05) is 24.1 Å². The van der Waals surface area contributed by atoms with Gasteiger partial charge in [-0.3, -0.25) is 4.79 Å². The first kappa shape index (κ1) is 14.0. The van der Waals surface area contributed by atoms with Crippen molar-refractivity contribution in [3.63, 3.8) is 0 Å². The lowest BCUT2D eigenvalue weighted by Gasteiger charge is -2.06. The molecule has 0 aliphatic carbocycles. The van der Waals surface area contributed by atoms with Crippen LogP contribution in [0, 0.1) is 0 Å². The maximum atomic E-state index is 11.7. The molecule has 102 valence electrons. The number of aromatic nitrogens is 1. The van der Waals surface area contributed by atoms with Gasteiger partial charge in [0.2, 0.25) is 5.91 Å². The Bertz CT molecular complexity index is 589.